The van der Waals surface area contributed by atoms with Crippen LogP contribution in [0.15, 0.2) is 24.3 Å². The van der Waals surface area contributed by atoms with Gasteiger partial charge in [-0.2, -0.15) is 0 Å². The van der Waals surface area contributed by atoms with Crippen LogP contribution in [0, 0.1) is 11.8 Å². The van der Waals surface area contributed by atoms with Gasteiger partial charge in [0.1, 0.15) is 0 Å². The van der Waals surface area contributed by atoms with Gasteiger partial charge in [0.05, 0.1) is 24.4 Å². The largest absolute Gasteiger partial charge is 0.481 e. The Morgan fingerprint density at radius 2 is 1.88 bits per heavy atom. The van der Waals surface area contributed by atoms with E-state index in [0.717, 1.165) is 0 Å². The molecule has 0 heterocycles. The van der Waals surface area contributed by atoms with Gasteiger partial charge in [-0.05, 0) is 44.4 Å². The SMILES string of the molecule is CCC(O)CC[C@H](O)/C=C/[C@@H]1[C@@H](C/C=C\CCCC(=O)O)[C@@H](O)C[C@H]1O. The molecule has 1 aliphatic rings. The molecular formula is C20H34O6. The lowest BCUT2D eigenvalue weighted by atomic mass is 9.89. The average molecular weight is 370 g/mol. The summed E-state index contributed by atoms with van der Waals surface area (Å²) < 4.78 is 0. The van der Waals surface area contributed by atoms with E-state index in [0.29, 0.717) is 44.9 Å². The highest BCUT2D eigenvalue weighted by molar-refractivity contribution is 5.66. The third-order valence-corrected chi connectivity index (χ3v) is 5.07. The van der Waals surface area contributed by atoms with Crippen molar-refractivity contribution in [3.8, 4) is 0 Å². The summed E-state index contributed by atoms with van der Waals surface area (Å²) in [5, 5.41) is 48.5. The molecule has 0 bridgehead atoms. The summed E-state index contributed by atoms with van der Waals surface area (Å²) >= 11 is 0. The highest BCUT2D eigenvalue weighted by Gasteiger charge is 2.39. The fourth-order valence-corrected chi connectivity index (χ4v) is 3.37. The summed E-state index contributed by atoms with van der Waals surface area (Å²) in [6.07, 6.45) is 8.95. The van der Waals surface area contributed by atoms with Crippen LogP contribution in [-0.2, 0) is 4.79 Å². The number of aliphatic hydroxyl groups is 4. The molecule has 150 valence electrons. The van der Waals surface area contributed by atoms with Crippen LogP contribution < -0.4 is 0 Å². The molecule has 6 nitrogen and oxygen atoms in total. The zero-order valence-corrected chi connectivity index (χ0v) is 15.6. The molecule has 0 amide bonds. The minimum atomic E-state index is -0.803. The third-order valence-electron chi connectivity index (χ3n) is 5.07. The third kappa shape index (κ3) is 8.45. The van der Waals surface area contributed by atoms with E-state index in [1.165, 1.54) is 0 Å². The molecule has 0 aliphatic heterocycles. The number of hydrogen-bond acceptors (Lipinski definition) is 5. The first-order valence-corrected chi connectivity index (χ1v) is 9.62. The second-order valence-electron chi connectivity index (χ2n) is 7.20. The monoisotopic (exact) mass is 370 g/mol. The van der Waals surface area contributed by atoms with E-state index < -0.39 is 30.4 Å². The summed E-state index contributed by atoms with van der Waals surface area (Å²) in [7, 11) is 0. The standard InChI is InChI=1S/C20H34O6/c1-2-14(21)9-10-15(22)11-12-17-16(18(23)13-19(17)24)7-5-3-4-6-8-20(25)26/h3,5,11-12,14-19,21-24H,2,4,6-10,13H2,1H3,(H,25,26)/b5-3-,12-11+/t14?,15-,16+,17+,18-,19+/m0/s1. The number of carboxylic acid groups (broad SMARTS) is 1. The molecular weight excluding hydrogens is 336 g/mol. The van der Waals surface area contributed by atoms with Gasteiger partial charge >= 0.3 is 5.97 Å². The first-order chi connectivity index (χ1) is 12.3. The fourth-order valence-electron chi connectivity index (χ4n) is 3.37. The highest BCUT2D eigenvalue weighted by atomic mass is 16.4. The fraction of sp³-hybridized carbons (Fsp3) is 0.750. The maximum atomic E-state index is 10.5. The lowest BCUT2D eigenvalue weighted by molar-refractivity contribution is -0.137. The van der Waals surface area contributed by atoms with E-state index in [4.69, 9.17) is 5.11 Å². The molecule has 1 fully saturated rings. The molecule has 0 aromatic heterocycles. The first kappa shape index (κ1) is 22.8. The highest BCUT2D eigenvalue weighted by Crippen LogP contribution is 2.36. The van der Waals surface area contributed by atoms with Crippen LogP contribution in [-0.4, -0.2) is 55.9 Å². The number of aliphatic hydroxyl groups excluding tert-OH is 4. The maximum absolute atomic E-state index is 10.5. The van der Waals surface area contributed by atoms with Gasteiger partial charge in [-0.1, -0.05) is 31.2 Å². The van der Waals surface area contributed by atoms with Gasteiger partial charge in [-0.15, -0.1) is 0 Å². The summed E-state index contributed by atoms with van der Waals surface area (Å²) in [5.74, 6) is -1.15. The number of carbonyl (C=O) groups is 1. The van der Waals surface area contributed by atoms with E-state index in [9.17, 15) is 25.2 Å². The van der Waals surface area contributed by atoms with Crippen molar-refractivity contribution in [1.29, 1.82) is 0 Å². The molecule has 6 heteroatoms. The van der Waals surface area contributed by atoms with Gasteiger partial charge in [0, 0.05) is 18.8 Å². The zero-order chi connectivity index (χ0) is 19.5. The molecule has 26 heavy (non-hydrogen) atoms. The van der Waals surface area contributed by atoms with E-state index in [-0.39, 0.29) is 18.3 Å². The molecule has 1 aliphatic carbocycles. The number of aliphatic carboxylic acids is 1. The van der Waals surface area contributed by atoms with Crippen molar-refractivity contribution in [1.82, 2.24) is 0 Å². The van der Waals surface area contributed by atoms with Gasteiger partial charge in [-0.3, -0.25) is 4.79 Å². The van der Waals surface area contributed by atoms with Crippen molar-refractivity contribution in [2.45, 2.75) is 82.7 Å². The minimum Gasteiger partial charge on any atom is -0.481 e. The molecule has 1 unspecified atom stereocenters. The Balaban J connectivity index is 2.49. The molecule has 0 spiro atoms. The van der Waals surface area contributed by atoms with Crippen molar-refractivity contribution in [2.75, 3.05) is 0 Å². The lowest BCUT2D eigenvalue weighted by Crippen LogP contribution is -2.20. The Morgan fingerprint density at radius 3 is 2.54 bits per heavy atom. The van der Waals surface area contributed by atoms with Crippen LogP contribution in [0.3, 0.4) is 0 Å². The van der Waals surface area contributed by atoms with E-state index in [1.54, 1.807) is 12.2 Å². The van der Waals surface area contributed by atoms with Gasteiger partial charge in [0.25, 0.3) is 0 Å². The van der Waals surface area contributed by atoms with E-state index in [2.05, 4.69) is 0 Å². The second kappa shape index (κ2) is 12.2. The molecule has 1 rings (SSSR count). The van der Waals surface area contributed by atoms with Crippen molar-refractivity contribution in [2.24, 2.45) is 11.8 Å². The first-order valence-electron chi connectivity index (χ1n) is 9.62. The Kier molecular flexibility index (Phi) is 10.7. The summed E-state index contributed by atoms with van der Waals surface area (Å²) in [6.45, 7) is 1.89. The number of rotatable bonds is 12. The Bertz CT molecular complexity index is 461. The van der Waals surface area contributed by atoms with Crippen LogP contribution >= 0.6 is 0 Å². The van der Waals surface area contributed by atoms with Crippen molar-refractivity contribution in [3.05, 3.63) is 24.3 Å². The summed E-state index contributed by atoms with van der Waals surface area (Å²) in [4.78, 5) is 10.5. The average Bonchev–Trinajstić information content (AvgIpc) is 2.86. The van der Waals surface area contributed by atoms with Crippen LogP contribution in [0.5, 0.6) is 0 Å². The lowest BCUT2D eigenvalue weighted by Gasteiger charge is -2.19. The molecule has 0 saturated heterocycles. The molecule has 6 atom stereocenters. The van der Waals surface area contributed by atoms with E-state index in [1.807, 2.05) is 19.1 Å². The van der Waals surface area contributed by atoms with Gasteiger partial charge in [0.2, 0.25) is 0 Å². The van der Waals surface area contributed by atoms with Crippen molar-refractivity contribution >= 4 is 5.97 Å². The number of unbranched alkanes of at least 4 members (excludes halogenated alkanes) is 1. The number of allylic oxidation sites excluding steroid dienone is 2. The molecule has 5 N–H and O–H groups in total. The second-order valence-corrected chi connectivity index (χ2v) is 7.20. The maximum Gasteiger partial charge on any atom is 0.303 e. The normalized spacial score (nSPS) is 28.8. The number of carboxylic acids is 1. The Labute approximate surface area is 155 Å². The van der Waals surface area contributed by atoms with Crippen molar-refractivity contribution in [3.63, 3.8) is 0 Å². The minimum absolute atomic E-state index is 0.120. The van der Waals surface area contributed by atoms with Crippen LogP contribution in [0.25, 0.3) is 0 Å². The Hall–Kier alpha value is -1.21. The van der Waals surface area contributed by atoms with Crippen molar-refractivity contribution < 1.29 is 30.3 Å². The number of hydrogen-bond donors (Lipinski definition) is 5. The van der Waals surface area contributed by atoms with E-state index >= 15 is 0 Å². The van der Waals surface area contributed by atoms with Crippen LogP contribution in [0.2, 0.25) is 0 Å². The van der Waals surface area contributed by atoms with Crippen LogP contribution in [0.1, 0.15) is 58.3 Å². The van der Waals surface area contributed by atoms with Gasteiger partial charge in [0.15, 0.2) is 0 Å². The smallest absolute Gasteiger partial charge is 0.303 e. The summed E-state index contributed by atoms with van der Waals surface area (Å²) in [5.41, 5.74) is 0. The predicted molar refractivity (Wildman–Crippen MR) is 99.5 cm³/mol. The molecule has 1 saturated carbocycles. The molecule has 0 radical (unpaired) electrons. The topological polar surface area (TPSA) is 118 Å². The van der Waals surface area contributed by atoms with Crippen LogP contribution in [0.4, 0.5) is 0 Å². The predicted octanol–water partition coefficient (Wildman–Crippen LogP) is 2.01. The summed E-state index contributed by atoms with van der Waals surface area (Å²) in [6, 6.07) is 0. The van der Waals surface area contributed by atoms with Gasteiger partial charge < -0.3 is 25.5 Å². The zero-order valence-electron chi connectivity index (χ0n) is 15.6. The van der Waals surface area contributed by atoms with Gasteiger partial charge in [-0.25, -0.2) is 0 Å². The molecule has 0 aromatic carbocycles. The Morgan fingerprint density at radius 1 is 1.15 bits per heavy atom. The molecule has 0 aromatic rings. The quantitative estimate of drug-likeness (QED) is 0.265.